The molecule has 0 unspecified atom stereocenters. The van der Waals surface area contributed by atoms with E-state index in [0.717, 1.165) is 0 Å². The summed E-state index contributed by atoms with van der Waals surface area (Å²) in [4.78, 5) is 0.0374. The van der Waals surface area contributed by atoms with Crippen molar-refractivity contribution in [3.05, 3.63) is 58.3 Å². The van der Waals surface area contributed by atoms with Crippen LogP contribution in [0.1, 0.15) is 24.9 Å². The number of halogens is 2. The summed E-state index contributed by atoms with van der Waals surface area (Å²) in [5.41, 5.74) is 0.999. The lowest BCUT2D eigenvalue weighted by atomic mass is 10.1. The molecule has 0 aliphatic heterocycles. The van der Waals surface area contributed by atoms with E-state index in [-0.39, 0.29) is 4.90 Å². The molecule has 28 heavy (non-hydrogen) atoms. The van der Waals surface area contributed by atoms with Gasteiger partial charge in [-0.2, -0.15) is 4.68 Å². The van der Waals surface area contributed by atoms with Crippen LogP contribution in [-0.2, 0) is 10.0 Å². The van der Waals surface area contributed by atoms with Gasteiger partial charge in [0.2, 0.25) is 10.0 Å². The number of methoxy groups -OCH3 is 1. The van der Waals surface area contributed by atoms with E-state index in [0.29, 0.717) is 33.5 Å². The number of hydrogen-bond acceptors (Lipinski definition) is 6. The highest BCUT2D eigenvalue weighted by molar-refractivity contribution is 7.89. The third-order valence-electron chi connectivity index (χ3n) is 4.10. The van der Waals surface area contributed by atoms with E-state index in [1.54, 1.807) is 24.3 Å². The number of benzene rings is 2. The fourth-order valence-electron chi connectivity index (χ4n) is 2.69. The topological polar surface area (TPSA) is 99.0 Å². The number of nitrogens with one attached hydrogen (secondary N) is 1. The normalized spacial score (nSPS) is 12.7. The number of tetrazole rings is 1. The average molecular weight is 442 g/mol. The summed E-state index contributed by atoms with van der Waals surface area (Å²) in [5, 5.41) is 11.8. The van der Waals surface area contributed by atoms with Gasteiger partial charge >= 0.3 is 0 Å². The molecule has 0 radical (unpaired) electrons. The summed E-state index contributed by atoms with van der Waals surface area (Å²) in [7, 11) is -2.40. The molecule has 0 aliphatic carbocycles. The Hall–Kier alpha value is -2.20. The lowest BCUT2D eigenvalue weighted by molar-refractivity contribution is 0.411. The molecule has 3 rings (SSSR count). The van der Waals surface area contributed by atoms with Crippen molar-refractivity contribution in [3.8, 4) is 11.4 Å². The Labute approximate surface area is 172 Å². The van der Waals surface area contributed by atoms with Crippen molar-refractivity contribution in [1.29, 1.82) is 0 Å². The van der Waals surface area contributed by atoms with E-state index in [2.05, 4.69) is 20.2 Å². The summed E-state index contributed by atoms with van der Waals surface area (Å²) in [5.74, 6) is 0.427. The first-order valence-electron chi connectivity index (χ1n) is 8.24. The largest absolute Gasteiger partial charge is 0.494 e. The Balaban J connectivity index is 1.98. The van der Waals surface area contributed by atoms with Crippen LogP contribution in [0.3, 0.4) is 0 Å². The first-order chi connectivity index (χ1) is 13.4. The molecule has 8 nitrogen and oxygen atoms in total. The Morgan fingerprint density at radius 2 is 2.00 bits per heavy atom. The second-order valence-corrected chi connectivity index (χ2v) is 8.39. The molecule has 2 aromatic carbocycles. The van der Waals surface area contributed by atoms with Crippen molar-refractivity contribution >= 4 is 33.2 Å². The van der Waals surface area contributed by atoms with Gasteiger partial charge < -0.3 is 4.74 Å². The Morgan fingerprint density at radius 3 is 2.64 bits per heavy atom. The fraction of sp³-hybridized carbons (Fsp3) is 0.235. The molecular formula is C17H17Cl2N5O3S. The fourth-order valence-corrected chi connectivity index (χ4v) is 4.44. The highest BCUT2D eigenvalue weighted by Crippen LogP contribution is 2.31. The van der Waals surface area contributed by atoms with Crippen LogP contribution >= 0.6 is 23.2 Å². The molecule has 0 amide bonds. The van der Waals surface area contributed by atoms with E-state index in [1.165, 1.54) is 30.3 Å². The van der Waals surface area contributed by atoms with E-state index in [9.17, 15) is 8.42 Å². The van der Waals surface area contributed by atoms with Gasteiger partial charge in [0.05, 0.1) is 12.0 Å². The highest BCUT2D eigenvalue weighted by Gasteiger charge is 2.23. The molecule has 3 aromatic rings. The maximum absolute atomic E-state index is 13.0. The zero-order valence-corrected chi connectivity index (χ0v) is 17.3. The number of ether oxygens (including phenoxy) is 1. The van der Waals surface area contributed by atoms with Gasteiger partial charge in [-0.15, -0.1) is 5.10 Å². The zero-order chi connectivity index (χ0) is 20.3. The van der Waals surface area contributed by atoms with Gasteiger partial charge in [-0.25, -0.2) is 13.1 Å². The summed E-state index contributed by atoms with van der Waals surface area (Å²) in [6.45, 7) is 1.85. The SMILES string of the molecule is CC[C@@H](NS(=O)(=O)c1ccc(OC)c(-n2cnnn2)c1)c1cc(Cl)ccc1Cl. The van der Waals surface area contributed by atoms with Crippen molar-refractivity contribution in [2.75, 3.05) is 7.11 Å². The van der Waals surface area contributed by atoms with Gasteiger partial charge in [0.25, 0.3) is 0 Å². The van der Waals surface area contributed by atoms with Crippen molar-refractivity contribution in [1.82, 2.24) is 24.9 Å². The van der Waals surface area contributed by atoms with Crippen LogP contribution in [0.2, 0.25) is 10.0 Å². The lowest BCUT2D eigenvalue weighted by Crippen LogP contribution is -2.28. The first-order valence-corrected chi connectivity index (χ1v) is 10.5. The van der Waals surface area contributed by atoms with Gasteiger partial charge in [0.1, 0.15) is 17.8 Å². The Kier molecular flexibility index (Phi) is 6.19. The molecule has 1 heterocycles. The Bertz CT molecular complexity index is 1070. The Morgan fingerprint density at radius 1 is 1.21 bits per heavy atom. The molecular weight excluding hydrogens is 425 g/mol. The number of sulfonamides is 1. The van der Waals surface area contributed by atoms with Crippen LogP contribution in [0.25, 0.3) is 5.69 Å². The van der Waals surface area contributed by atoms with Crippen LogP contribution < -0.4 is 9.46 Å². The summed E-state index contributed by atoms with van der Waals surface area (Å²) in [6.07, 6.45) is 1.83. The predicted molar refractivity (Wildman–Crippen MR) is 106 cm³/mol. The van der Waals surface area contributed by atoms with Crippen molar-refractivity contribution in [2.24, 2.45) is 0 Å². The minimum absolute atomic E-state index is 0.0374. The molecule has 1 aromatic heterocycles. The van der Waals surface area contributed by atoms with Crippen LogP contribution in [0.5, 0.6) is 5.75 Å². The second-order valence-electron chi connectivity index (χ2n) is 5.84. The zero-order valence-electron chi connectivity index (χ0n) is 15.0. The van der Waals surface area contributed by atoms with Crippen LogP contribution in [0, 0.1) is 0 Å². The van der Waals surface area contributed by atoms with E-state index in [1.807, 2.05) is 6.92 Å². The van der Waals surface area contributed by atoms with E-state index < -0.39 is 16.1 Å². The molecule has 1 atom stereocenters. The molecule has 0 bridgehead atoms. The lowest BCUT2D eigenvalue weighted by Gasteiger charge is -2.19. The molecule has 0 fully saturated rings. The van der Waals surface area contributed by atoms with Gasteiger partial charge in [-0.3, -0.25) is 0 Å². The average Bonchev–Trinajstić information content (AvgIpc) is 3.22. The quantitative estimate of drug-likeness (QED) is 0.602. The number of hydrogen-bond donors (Lipinski definition) is 1. The summed E-state index contributed by atoms with van der Waals surface area (Å²) in [6, 6.07) is 8.82. The van der Waals surface area contributed by atoms with Crippen LogP contribution in [-0.4, -0.2) is 35.7 Å². The van der Waals surface area contributed by atoms with Gasteiger partial charge in [-0.1, -0.05) is 30.1 Å². The summed E-state index contributed by atoms with van der Waals surface area (Å²) >= 11 is 12.3. The molecule has 148 valence electrons. The maximum atomic E-state index is 13.0. The minimum Gasteiger partial charge on any atom is -0.494 e. The first kappa shape index (κ1) is 20.5. The van der Waals surface area contributed by atoms with Crippen molar-refractivity contribution in [2.45, 2.75) is 24.3 Å². The second kappa shape index (κ2) is 8.44. The monoisotopic (exact) mass is 441 g/mol. The molecule has 11 heteroatoms. The maximum Gasteiger partial charge on any atom is 0.241 e. The molecule has 0 saturated heterocycles. The number of aromatic nitrogens is 4. The smallest absolute Gasteiger partial charge is 0.241 e. The number of nitrogens with zero attached hydrogens (tertiary/aromatic N) is 4. The van der Waals surface area contributed by atoms with Crippen LogP contribution in [0.4, 0.5) is 0 Å². The number of rotatable bonds is 7. The third-order valence-corrected chi connectivity index (χ3v) is 6.14. The van der Waals surface area contributed by atoms with Gasteiger partial charge in [-0.05, 0) is 58.8 Å². The highest BCUT2D eigenvalue weighted by atomic mass is 35.5. The van der Waals surface area contributed by atoms with E-state index in [4.69, 9.17) is 27.9 Å². The standard InChI is InChI=1S/C17H17Cl2N5O3S/c1-3-15(13-8-11(18)4-6-14(13)19)21-28(25,26)12-5-7-17(27-2)16(9-12)24-10-20-22-23-24/h4-10,15,21H,3H2,1-2H3/t15-/m1/s1. The van der Waals surface area contributed by atoms with Crippen LogP contribution in [0.15, 0.2) is 47.6 Å². The predicted octanol–water partition coefficient (Wildman–Crippen LogP) is 3.41. The molecule has 0 spiro atoms. The summed E-state index contributed by atoms with van der Waals surface area (Å²) < 4.78 is 35.3. The third kappa shape index (κ3) is 4.27. The van der Waals surface area contributed by atoms with Gasteiger partial charge in [0.15, 0.2) is 0 Å². The van der Waals surface area contributed by atoms with Crippen molar-refractivity contribution in [3.63, 3.8) is 0 Å². The van der Waals surface area contributed by atoms with Gasteiger partial charge in [0, 0.05) is 16.1 Å². The van der Waals surface area contributed by atoms with E-state index >= 15 is 0 Å². The molecule has 0 aliphatic rings. The minimum atomic E-state index is -3.88. The molecule has 0 saturated carbocycles. The van der Waals surface area contributed by atoms with Crippen molar-refractivity contribution < 1.29 is 13.2 Å². The molecule has 1 N–H and O–H groups in total.